The maximum atomic E-state index is 12.6. The maximum Gasteiger partial charge on any atom is 0.472 e. The molecule has 1 N–H and O–H groups in total. The van der Waals surface area contributed by atoms with Crippen molar-refractivity contribution in [1.29, 1.82) is 0 Å². The Morgan fingerprint density at radius 3 is 1.37 bits per heavy atom. The number of phosphoric ester groups is 1. The first-order chi connectivity index (χ1) is 27.8. The highest BCUT2D eigenvalue weighted by Gasteiger charge is 2.25. The maximum absolute atomic E-state index is 12.6. The second-order valence-corrected chi connectivity index (χ2v) is 16.5. The predicted molar refractivity (Wildman–Crippen MR) is 239 cm³/mol. The zero-order chi connectivity index (χ0) is 41.8. The van der Waals surface area contributed by atoms with Gasteiger partial charge in [0.2, 0.25) is 0 Å². The van der Waals surface area contributed by atoms with Crippen molar-refractivity contribution >= 4 is 19.8 Å². The Bertz CT molecular complexity index is 1110. The fraction of sp³-hybridized carbons (Fsp3) is 0.750. The molecule has 2 atom stereocenters. The Labute approximate surface area is 350 Å². The summed E-state index contributed by atoms with van der Waals surface area (Å²) in [5.74, 6) is -0.812. The highest BCUT2D eigenvalue weighted by Crippen LogP contribution is 2.43. The number of allylic oxidation sites excluding steroid dienone is 10. The van der Waals surface area contributed by atoms with E-state index >= 15 is 0 Å². The van der Waals surface area contributed by atoms with Gasteiger partial charge in [0, 0.05) is 12.8 Å². The van der Waals surface area contributed by atoms with Crippen molar-refractivity contribution in [2.45, 2.75) is 213 Å². The number of ether oxygens (including phenoxy) is 2. The van der Waals surface area contributed by atoms with Crippen LogP contribution in [-0.2, 0) is 32.7 Å². The van der Waals surface area contributed by atoms with Gasteiger partial charge in [-0.2, -0.15) is 0 Å². The third kappa shape index (κ3) is 43.2. The van der Waals surface area contributed by atoms with Crippen LogP contribution in [-0.4, -0.2) is 42.8 Å². The first-order valence-electron chi connectivity index (χ1n) is 23.1. The summed E-state index contributed by atoms with van der Waals surface area (Å²) >= 11 is 0. The fourth-order valence-electron chi connectivity index (χ4n) is 6.20. The number of unbranched alkanes of at least 4 members (excludes halogenated alkanes) is 20. The van der Waals surface area contributed by atoms with Gasteiger partial charge in [-0.1, -0.05) is 171 Å². The summed E-state index contributed by atoms with van der Waals surface area (Å²) < 4.78 is 32.7. The molecule has 0 saturated carbocycles. The highest BCUT2D eigenvalue weighted by atomic mass is 31.2. The number of phosphoric acid groups is 1. The van der Waals surface area contributed by atoms with E-state index in [4.69, 9.17) is 18.5 Å². The van der Waals surface area contributed by atoms with Crippen molar-refractivity contribution < 1.29 is 37.6 Å². The molecule has 0 aromatic rings. The summed E-state index contributed by atoms with van der Waals surface area (Å²) in [7, 11) is -4.29. The molecule has 0 saturated heterocycles. The topological polar surface area (TPSA) is 108 Å². The van der Waals surface area contributed by atoms with Crippen LogP contribution in [0.5, 0.6) is 0 Å². The monoisotopic (exact) mass is 821 g/mol. The van der Waals surface area contributed by atoms with E-state index in [1.165, 1.54) is 77.0 Å². The van der Waals surface area contributed by atoms with Crippen LogP contribution >= 0.6 is 7.82 Å². The molecule has 9 heteroatoms. The van der Waals surface area contributed by atoms with Gasteiger partial charge in [-0.05, 0) is 84.0 Å². The number of carbonyl (C=O) groups is 2. The smallest absolute Gasteiger partial charge is 0.462 e. The quantitative estimate of drug-likeness (QED) is 0.0281. The second-order valence-electron chi connectivity index (χ2n) is 15.0. The third-order valence-corrected chi connectivity index (χ3v) is 10.6. The lowest BCUT2D eigenvalue weighted by Crippen LogP contribution is -2.29. The second kappa shape index (κ2) is 43.3. The van der Waals surface area contributed by atoms with E-state index in [0.717, 1.165) is 89.9 Å². The molecule has 0 rings (SSSR count). The van der Waals surface area contributed by atoms with Gasteiger partial charge < -0.3 is 14.4 Å². The van der Waals surface area contributed by atoms with Crippen molar-refractivity contribution in [3.8, 4) is 0 Å². The van der Waals surface area contributed by atoms with Gasteiger partial charge in [-0.15, -0.1) is 0 Å². The minimum atomic E-state index is -4.29. The number of rotatable bonds is 42. The van der Waals surface area contributed by atoms with Gasteiger partial charge in [0.25, 0.3) is 0 Å². The standard InChI is InChI=1S/C48H85O8P/c1-4-7-9-11-13-15-17-19-21-22-23-24-25-26-27-28-29-31-33-35-37-39-41-43-48(50)56-46(45-55-57(51,52)54-6-3)44-53-47(49)42-40-38-36-34-32-30-20-18-16-14-12-10-8-5-2/h7,9,13,15,18-21,23-24,46H,4-6,8,10-12,14,16-17,22,25-45H2,1-3H3,(H,51,52)/b9-7-,15-13-,20-18-,21-19-,24-23-. The summed E-state index contributed by atoms with van der Waals surface area (Å²) in [5.41, 5.74) is 0. The summed E-state index contributed by atoms with van der Waals surface area (Å²) in [6, 6.07) is 0. The molecule has 0 heterocycles. The summed E-state index contributed by atoms with van der Waals surface area (Å²) in [6.45, 7) is 5.35. The Hall–Kier alpha value is -2.25. The molecule has 8 nitrogen and oxygen atoms in total. The van der Waals surface area contributed by atoms with E-state index in [0.29, 0.717) is 6.42 Å². The van der Waals surface area contributed by atoms with Crippen molar-refractivity contribution in [3.63, 3.8) is 0 Å². The summed E-state index contributed by atoms with van der Waals surface area (Å²) in [4.78, 5) is 34.8. The molecule has 330 valence electrons. The van der Waals surface area contributed by atoms with Crippen LogP contribution in [0, 0.1) is 0 Å². The van der Waals surface area contributed by atoms with Gasteiger partial charge in [0.05, 0.1) is 13.2 Å². The van der Waals surface area contributed by atoms with E-state index in [-0.39, 0.29) is 32.0 Å². The SMILES string of the molecule is CC/C=C\C/C=C\C/C=C\C/C=C\CCCCCCCCCCCCC(=O)OC(COC(=O)CCCCCCC/C=C\CCCCCCC)COP(=O)(O)OCC. The van der Waals surface area contributed by atoms with Crippen LogP contribution in [0.1, 0.15) is 207 Å². The predicted octanol–water partition coefficient (Wildman–Crippen LogP) is 14.7. The zero-order valence-corrected chi connectivity index (χ0v) is 37.6. The fourth-order valence-corrected chi connectivity index (χ4v) is 6.96. The molecule has 0 fully saturated rings. The Kier molecular flexibility index (Phi) is 41.6. The van der Waals surface area contributed by atoms with Crippen molar-refractivity contribution in [2.24, 2.45) is 0 Å². The molecule has 2 unspecified atom stereocenters. The van der Waals surface area contributed by atoms with Crippen molar-refractivity contribution in [2.75, 3.05) is 19.8 Å². The van der Waals surface area contributed by atoms with Gasteiger partial charge in [-0.25, -0.2) is 4.57 Å². The normalized spacial score (nSPS) is 13.8. The van der Waals surface area contributed by atoms with Crippen LogP contribution in [0.3, 0.4) is 0 Å². The molecule has 0 aliphatic rings. The molecule has 0 radical (unpaired) electrons. The minimum absolute atomic E-state index is 0.00361. The minimum Gasteiger partial charge on any atom is -0.462 e. The van der Waals surface area contributed by atoms with E-state index in [9.17, 15) is 19.0 Å². The summed E-state index contributed by atoms with van der Waals surface area (Å²) in [5, 5.41) is 0. The first kappa shape index (κ1) is 54.8. The molecule has 0 aliphatic carbocycles. The lowest BCUT2D eigenvalue weighted by molar-refractivity contribution is -0.161. The number of esters is 2. The van der Waals surface area contributed by atoms with Crippen LogP contribution in [0.15, 0.2) is 60.8 Å². The van der Waals surface area contributed by atoms with Crippen molar-refractivity contribution in [3.05, 3.63) is 60.8 Å². The van der Waals surface area contributed by atoms with Gasteiger partial charge >= 0.3 is 19.8 Å². The Morgan fingerprint density at radius 2 is 0.895 bits per heavy atom. The van der Waals surface area contributed by atoms with Crippen LogP contribution in [0.25, 0.3) is 0 Å². The molecular formula is C48H85O8P. The third-order valence-electron chi connectivity index (χ3n) is 9.56. The van der Waals surface area contributed by atoms with Gasteiger partial charge in [-0.3, -0.25) is 18.6 Å². The zero-order valence-electron chi connectivity index (χ0n) is 36.7. The molecule has 0 aliphatic heterocycles. The number of hydrogen-bond acceptors (Lipinski definition) is 7. The van der Waals surface area contributed by atoms with Crippen LogP contribution < -0.4 is 0 Å². The number of hydrogen-bond donors (Lipinski definition) is 1. The lowest BCUT2D eigenvalue weighted by atomic mass is 10.0. The largest absolute Gasteiger partial charge is 0.472 e. The van der Waals surface area contributed by atoms with E-state index in [2.05, 4.69) is 74.6 Å². The molecule has 0 amide bonds. The lowest BCUT2D eigenvalue weighted by Gasteiger charge is -2.19. The number of carbonyl (C=O) groups excluding carboxylic acids is 2. The van der Waals surface area contributed by atoms with E-state index in [1.807, 2.05) is 0 Å². The van der Waals surface area contributed by atoms with E-state index < -0.39 is 26.5 Å². The average Bonchev–Trinajstić information content (AvgIpc) is 3.19. The molecule has 0 spiro atoms. The highest BCUT2D eigenvalue weighted by molar-refractivity contribution is 7.47. The van der Waals surface area contributed by atoms with Crippen molar-refractivity contribution in [1.82, 2.24) is 0 Å². The molecule has 0 aromatic heterocycles. The van der Waals surface area contributed by atoms with Crippen LogP contribution in [0.4, 0.5) is 0 Å². The molecule has 0 aromatic carbocycles. The average molecular weight is 821 g/mol. The van der Waals surface area contributed by atoms with Gasteiger partial charge in [0.1, 0.15) is 6.61 Å². The molecular weight excluding hydrogens is 735 g/mol. The Morgan fingerprint density at radius 1 is 0.491 bits per heavy atom. The van der Waals surface area contributed by atoms with Crippen LogP contribution in [0.2, 0.25) is 0 Å². The Balaban J connectivity index is 4.04. The molecule has 0 bridgehead atoms. The molecule has 57 heavy (non-hydrogen) atoms. The van der Waals surface area contributed by atoms with E-state index in [1.54, 1.807) is 6.92 Å². The first-order valence-corrected chi connectivity index (χ1v) is 24.6. The summed E-state index contributed by atoms with van der Waals surface area (Å²) in [6.07, 6.45) is 52.7. The van der Waals surface area contributed by atoms with Gasteiger partial charge in [0.15, 0.2) is 6.10 Å².